The third-order valence-corrected chi connectivity index (χ3v) is 4.95. The van der Waals surface area contributed by atoms with Crippen LogP contribution < -0.4 is 0 Å². The van der Waals surface area contributed by atoms with Crippen LogP contribution in [-0.2, 0) is 14.6 Å². The number of unbranched alkanes of at least 4 members (excludes halogenated alkanes) is 13. The molecule has 28 heavy (non-hydrogen) atoms. The fourth-order valence-electron chi connectivity index (χ4n) is 2.76. The van der Waals surface area contributed by atoms with E-state index in [-0.39, 0.29) is 13.2 Å². The summed E-state index contributed by atoms with van der Waals surface area (Å²) >= 11 is 0. The first kappa shape index (κ1) is 30.0. The lowest BCUT2D eigenvalue weighted by molar-refractivity contribution is -0.870. The van der Waals surface area contributed by atoms with Crippen LogP contribution in [0.2, 0.25) is 0 Å². The van der Waals surface area contributed by atoms with Crippen molar-refractivity contribution in [2.45, 2.75) is 96.8 Å². The molecule has 0 bridgehead atoms. The highest BCUT2D eigenvalue weighted by Crippen LogP contribution is 2.12. The lowest BCUT2D eigenvalue weighted by Gasteiger charge is -2.21. The average Bonchev–Trinajstić information content (AvgIpc) is 2.57. The molecule has 0 aromatic rings. The molecular formula is C21H47NO5S. The summed E-state index contributed by atoms with van der Waals surface area (Å²) in [6.07, 6.45) is 17.4. The van der Waals surface area contributed by atoms with Gasteiger partial charge in [-0.25, -0.2) is 8.42 Å². The van der Waals surface area contributed by atoms with E-state index >= 15 is 0 Å². The molecule has 0 saturated carbocycles. The predicted octanol–water partition coefficient (Wildman–Crippen LogP) is 4.63. The highest BCUT2D eigenvalue weighted by Gasteiger charge is 2.02. The molecule has 0 amide bonds. The maximum Gasteiger partial charge on any atom is 0.217 e. The third kappa shape index (κ3) is 33.4. The van der Waals surface area contributed by atoms with Crippen LogP contribution in [0.4, 0.5) is 0 Å². The highest BCUT2D eigenvalue weighted by molar-refractivity contribution is 7.80. The molecule has 7 heteroatoms. The fraction of sp³-hybridized carbons (Fsp3) is 1.00. The maximum absolute atomic E-state index is 10.2. The first-order valence-electron chi connectivity index (χ1n) is 11.1. The Morgan fingerprint density at radius 2 is 1.11 bits per heavy atom. The largest absolute Gasteiger partial charge is 0.726 e. The number of quaternary nitrogens is 1. The Hall–Kier alpha value is -0.210. The van der Waals surface area contributed by atoms with Crippen molar-refractivity contribution in [3.05, 3.63) is 0 Å². The van der Waals surface area contributed by atoms with Gasteiger partial charge in [-0.15, -0.1) is 0 Å². The molecule has 172 valence electrons. The number of likely N-dealkylation sites (N-methyl/N-ethyl adjacent to an activating group) is 1. The maximum atomic E-state index is 10.2. The number of hydrogen-bond acceptors (Lipinski definition) is 5. The zero-order valence-corrected chi connectivity index (χ0v) is 19.8. The summed E-state index contributed by atoms with van der Waals surface area (Å²) in [6.45, 7) is 3.39. The molecule has 0 saturated heterocycles. The van der Waals surface area contributed by atoms with Crippen molar-refractivity contribution < 1.29 is 26.7 Å². The van der Waals surface area contributed by atoms with E-state index in [2.05, 4.69) is 32.2 Å². The molecule has 0 aliphatic carbocycles. The van der Waals surface area contributed by atoms with Crippen LogP contribution in [0.25, 0.3) is 0 Å². The number of hydrogen-bond donors (Lipinski definition) is 1. The Balaban J connectivity index is 0. The van der Waals surface area contributed by atoms with E-state index in [1.165, 1.54) is 70.6 Å². The van der Waals surface area contributed by atoms with Crippen molar-refractivity contribution in [3.63, 3.8) is 0 Å². The minimum absolute atomic E-state index is 0.0316. The molecule has 0 heterocycles. The van der Waals surface area contributed by atoms with Gasteiger partial charge in [0.1, 0.15) is 6.54 Å². The van der Waals surface area contributed by atoms with E-state index in [1.807, 2.05) is 0 Å². The smallest absolute Gasteiger partial charge is 0.217 e. The van der Waals surface area contributed by atoms with Crippen molar-refractivity contribution in [2.75, 3.05) is 40.9 Å². The van der Waals surface area contributed by atoms with Crippen molar-refractivity contribution in [1.82, 2.24) is 0 Å². The number of nitrogens with zero attached hydrogens (tertiary/aromatic N) is 1. The first-order chi connectivity index (χ1) is 13.1. The van der Waals surface area contributed by atoms with E-state index in [0.717, 1.165) is 23.9 Å². The summed E-state index contributed by atoms with van der Waals surface area (Å²) in [5, 5.41) is 8.39. The molecule has 0 radical (unpaired) electrons. The summed E-state index contributed by atoms with van der Waals surface area (Å²) in [7, 11) is 1.66. The van der Waals surface area contributed by atoms with Gasteiger partial charge in [0.2, 0.25) is 10.4 Å². The lowest BCUT2D eigenvalue weighted by atomic mass is 10.0. The van der Waals surface area contributed by atoms with E-state index < -0.39 is 10.4 Å². The minimum Gasteiger partial charge on any atom is -0.726 e. The molecule has 0 aromatic carbocycles. The summed E-state index contributed by atoms with van der Waals surface area (Å²) in [4.78, 5) is 0. The first-order valence-corrected chi connectivity index (χ1v) is 12.5. The third-order valence-electron chi connectivity index (χ3n) is 4.50. The molecule has 6 nitrogen and oxygen atoms in total. The Bertz CT molecular complexity index is 408. The molecule has 1 N–H and O–H groups in total. The molecule has 0 rings (SSSR count). The summed E-state index contributed by atoms with van der Waals surface area (Å²) in [5.41, 5.74) is 0. The second-order valence-corrected chi connectivity index (χ2v) is 9.62. The van der Waals surface area contributed by atoms with Crippen LogP contribution in [0.15, 0.2) is 0 Å². The molecule has 0 unspecified atom stereocenters. The standard InChI is InChI=1S/C16H34O4S.C5H14NO/c1-2-3-4-5-6-7-8-9-10-11-12-13-14-15-16-20-21(17,18)19;1-6(2,3)4-5-7/h2-16H2,1H3,(H,17,18,19);7H,4-5H2,1-3H3/q;+1/p-1. The molecule has 0 aliphatic rings. The molecular weight excluding hydrogens is 378 g/mol. The molecule has 0 fully saturated rings. The van der Waals surface area contributed by atoms with Gasteiger partial charge in [0.15, 0.2) is 0 Å². The Kier molecular flexibility index (Phi) is 21.5. The normalized spacial score (nSPS) is 11.9. The van der Waals surface area contributed by atoms with Crippen LogP contribution in [0, 0.1) is 0 Å². The number of aliphatic hydroxyl groups excluding tert-OH is 1. The quantitative estimate of drug-likeness (QED) is 0.150. The number of rotatable bonds is 18. The van der Waals surface area contributed by atoms with Gasteiger partial charge in [0, 0.05) is 0 Å². The van der Waals surface area contributed by atoms with Crippen LogP contribution in [0.3, 0.4) is 0 Å². The predicted molar refractivity (Wildman–Crippen MR) is 116 cm³/mol. The van der Waals surface area contributed by atoms with Crippen LogP contribution >= 0.6 is 0 Å². The minimum atomic E-state index is -4.49. The van der Waals surface area contributed by atoms with E-state index in [0.29, 0.717) is 6.42 Å². The van der Waals surface area contributed by atoms with Gasteiger partial charge in [-0.1, -0.05) is 90.4 Å². The molecule has 0 aliphatic heterocycles. The zero-order valence-electron chi connectivity index (χ0n) is 19.0. The SMILES string of the molecule is CCCCCCCCCCCCCCCCOS(=O)(=O)[O-].C[N+](C)(C)CCO. The van der Waals surface area contributed by atoms with E-state index in [4.69, 9.17) is 5.11 Å². The second kappa shape index (κ2) is 20.1. The van der Waals surface area contributed by atoms with Crippen molar-refractivity contribution in [3.8, 4) is 0 Å². The van der Waals surface area contributed by atoms with Crippen molar-refractivity contribution >= 4 is 10.4 Å². The Morgan fingerprint density at radius 3 is 1.36 bits per heavy atom. The zero-order chi connectivity index (χ0) is 21.7. The van der Waals surface area contributed by atoms with Gasteiger partial charge in [-0.2, -0.15) is 0 Å². The molecule has 0 spiro atoms. The van der Waals surface area contributed by atoms with E-state index in [1.54, 1.807) is 0 Å². The Morgan fingerprint density at radius 1 is 0.750 bits per heavy atom. The number of aliphatic hydroxyl groups is 1. The topological polar surface area (TPSA) is 86.7 Å². The average molecular weight is 426 g/mol. The van der Waals surface area contributed by atoms with E-state index in [9.17, 15) is 13.0 Å². The summed E-state index contributed by atoms with van der Waals surface area (Å²) in [6, 6.07) is 0. The van der Waals surface area contributed by atoms with Gasteiger partial charge < -0.3 is 14.1 Å². The highest BCUT2D eigenvalue weighted by atomic mass is 32.3. The fourth-order valence-corrected chi connectivity index (χ4v) is 3.08. The van der Waals surface area contributed by atoms with Gasteiger partial charge in [0.25, 0.3) is 0 Å². The summed E-state index contributed by atoms with van der Waals surface area (Å²) in [5.74, 6) is 0. The van der Waals surface area contributed by atoms with Crippen LogP contribution in [-0.4, -0.2) is 63.5 Å². The van der Waals surface area contributed by atoms with Gasteiger partial charge in [-0.05, 0) is 6.42 Å². The van der Waals surface area contributed by atoms with Gasteiger partial charge in [-0.3, -0.25) is 4.18 Å². The van der Waals surface area contributed by atoms with Crippen molar-refractivity contribution in [2.24, 2.45) is 0 Å². The lowest BCUT2D eigenvalue weighted by Crippen LogP contribution is -2.36. The van der Waals surface area contributed by atoms with Crippen LogP contribution in [0.1, 0.15) is 96.8 Å². The summed E-state index contributed by atoms with van der Waals surface area (Å²) < 4.78 is 35.6. The van der Waals surface area contributed by atoms with Gasteiger partial charge >= 0.3 is 0 Å². The monoisotopic (exact) mass is 425 g/mol. The molecule has 0 atom stereocenters. The van der Waals surface area contributed by atoms with Crippen LogP contribution in [0.5, 0.6) is 0 Å². The Labute approximate surface area is 175 Å². The molecule has 0 aromatic heterocycles. The van der Waals surface area contributed by atoms with Crippen molar-refractivity contribution in [1.29, 1.82) is 0 Å². The second-order valence-electron chi connectivity index (χ2n) is 8.56. The van der Waals surface area contributed by atoms with Gasteiger partial charge in [0.05, 0.1) is 34.4 Å².